The van der Waals surface area contributed by atoms with Crippen LogP contribution in [0.2, 0.25) is 0 Å². The fraction of sp³-hybridized carbons (Fsp3) is 0.0833. The molecule has 8 heteroatoms. The Morgan fingerprint density at radius 2 is 2.05 bits per heavy atom. The molecule has 6 nitrogen and oxygen atoms in total. The van der Waals surface area contributed by atoms with Crippen LogP contribution in [0.3, 0.4) is 0 Å². The van der Waals surface area contributed by atoms with Crippen LogP contribution in [0.15, 0.2) is 29.9 Å². The molecule has 0 aliphatic heterocycles. The molecule has 102 valence electrons. The van der Waals surface area contributed by atoms with E-state index in [-0.39, 0.29) is 5.88 Å². The number of hydrogen-bond acceptors (Lipinski definition) is 6. The summed E-state index contributed by atoms with van der Waals surface area (Å²) in [7, 11) is 0. The Labute approximate surface area is 121 Å². The van der Waals surface area contributed by atoms with Gasteiger partial charge in [-0.2, -0.15) is 9.19 Å². The fourth-order valence-corrected chi connectivity index (χ4v) is 2.98. The van der Waals surface area contributed by atoms with Gasteiger partial charge in [-0.05, 0) is 30.0 Å². The highest BCUT2D eigenvalue weighted by Crippen LogP contribution is 2.33. The maximum absolute atomic E-state index is 10.9. The summed E-state index contributed by atoms with van der Waals surface area (Å²) >= 11 is -1.05. The quantitative estimate of drug-likeness (QED) is 0.749. The van der Waals surface area contributed by atoms with Crippen LogP contribution in [0.4, 0.5) is 0 Å². The van der Waals surface area contributed by atoms with Gasteiger partial charge in [-0.15, -0.1) is 11.3 Å². The van der Waals surface area contributed by atoms with Gasteiger partial charge in [0.25, 0.3) is 5.88 Å². The van der Waals surface area contributed by atoms with Gasteiger partial charge in [0.05, 0.1) is 5.52 Å². The second-order valence-corrected chi connectivity index (χ2v) is 5.47. The molecule has 0 fully saturated rings. The van der Waals surface area contributed by atoms with E-state index in [1.54, 1.807) is 24.5 Å². The molecule has 0 bridgehead atoms. The van der Waals surface area contributed by atoms with Crippen LogP contribution in [-0.2, 0) is 11.4 Å². The topological polar surface area (TPSA) is 85.2 Å². The number of aryl methyl sites for hydroxylation is 1. The van der Waals surface area contributed by atoms with Gasteiger partial charge < -0.3 is 4.18 Å². The minimum atomic E-state index is -2.42. The summed E-state index contributed by atoms with van der Waals surface area (Å²) in [6.45, 7) is 1.92. The normalized spacial score (nSPS) is 12.5. The Balaban J connectivity index is 2.24. The number of aromatic nitrogens is 3. The van der Waals surface area contributed by atoms with E-state index in [9.17, 15) is 4.21 Å². The first kappa shape index (κ1) is 13.1. The van der Waals surface area contributed by atoms with Crippen molar-refractivity contribution in [1.82, 2.24) is 15.0 Å². The minimum Gasteiger partial charge on any atom is -0.358 e. The van der Waals surface area contributed by atoms with Gasteiger partial charge in [-0.1, -0.05) is 0 Å². The molecule has 0 radical (unpaired) electrons. The molecule has 20 heavy (non-hydrogen) atoms. The minimum absolute atomic E-state index is 0.112. The first-order valence-corrected chi connectivity index (χ1v) is 7.51. The zero-order chi connectivity index (χ0) is 14.1. The molecular weight excluding hydrogens is 298 g/mol. The predicted octanol–water partition coefficient (Wildman–Crippen LogP) is 2.58. The van der Waals surface area contributed by atoms with Crippen molar-refractivity contribution in [2.24, 2.45) is 0 Å². The van der Waals surface area contributed by atoms with Crippen molar-refractivity contribution in [3.8, 4) is 17.3 Å². The van der Waals surface area contributed by atoms with Crippen LogP contribution in [0.1, 0.15) is 5.56 Å². The Hall–Kier alpha value is -1.90. The van der Waals surface area contributed by atoms with Gasteiger partial charge in [-0.25, -0.2) is 4.98 Å². The lowest BCUT2D eigenvalue weighted by Crippen LogP contribution is -2.01. The zero-order valence-corrected chi connectivity index (χ0v) is 11.9. The smallest absolute Gasteiger partial charge is 0.358 e. The molecule has 0 saturated heterocycles. The average Bonchev–Trinajstić information content (AvgIpc) is 2.81. The SMILES string of the molecule is Cc1csc2c(OS(=O)O)nc(-c3ccncc3)nc12. The molecule has 1 N–H and O–H groups in total. The molecule has 3 rings (SSSR count). The van der Waals surface area contributed by atoms with Crippen LogP contribution < -0.4 is 4.18 Å². The molecule has 0 spiro atoms. The highest BCUT2D eigenvalue weighted by atomic mass is 32.2. The van der Waals surface area contributed by atoms with Gasteiger partial charge in [0.15, 0.2) is 5.82 Å². The summed E-state index contributed by atoms with van der Waals surface area (Å²) in [6.07, 6.45) is 3.27. The third kappa shape index (κ3) is 2.40. The maximum Gasteiger partial charge on any atom is 0.359 e. The lowest BCUT2D eigenvalue weighted by Gasteiger charge is -2.05. The van der Waals surface area contributed by atoms with Gasteiger partial charge in [0, 0.05) is 18.0 Å². The van der Waals surface area contributed by atoms with E-state index in [4.69, 9.17) is 8.74 Å². The van der Waals surface area contributed by atoms with Crippen LogP contribution in [0, 0.1) is 6.92 Å². The second-order valence-electron chi connectivity index (χ2n) is 3.99. The number of pyridine rings is 1. The third-order valence-electron chi connectivity index (χ3n) is 2.65. The Bertz CT molecular complexity index is 789. The molecular formula is C12H9N3O3S2. The summed E-state index contributed by atoms with van der Waals surface area (Å²) in [6, 6.07) is 3.53. The third-order valence-corrected chi connectivity index (χ3v) is 4.03. The molecule has 0 aliphatic carbocycles. The second kappa shape index (κ2) is 5.23. The monoisotopic (exact) mass is 307 g/mol. The van der Waals surface area contributed by atoms with Gasteiger partial charge in [0.2, 0.25) is 0 Å². The summed E-state index contributed by atoms with van der Waals surface area (Å²) in [5.74, 6) is 0.544. The van der Waals surface area contributed by atoms with Crippen molar-refractivity contribution < 1.29 is 12.9 Å². The molecule has 3 aromatic rings. The van der Waals surface area contributed by atoms with E-state index in [0.717, 1.165) is 16.6 Å². The Morgan fingerprint density at radius 1 is 1.30 bits per heavy atom. The van der Waals surface area contributed by atoms with Crippen LogP contribution in [0.5, 0.6) is 5.88 Å². The maximum atomic E-state index is 10.9. The molecule has 1 unspecified atom stereocenters. The largest absolute Gasteiger partial charge is 0.359 e. The standard InChI is InChI=1S/C12H9N3O3S2/c1-7-6-19-10-9(7)14-11(8-2-4-13-5-3-8)15-12(10)18-20(16)17/h2-6H,1H3,(H,16,17). The van der Waals surface area contributed by atoms with Crippen molar-refractivity contribution in [3.05, 3.63) is 35.5 Å². The highest BCUT2D eigenvalue weighted by Gasteiger charge is 2.15. The van der Waals surface area contributed by atoms with E-state index in [1.807, 2.05) is 12.3 Å². The average molecular weight is 307 g/mol. The number of hydrogen-bond donors (Lipinski definition) is 1. The molecule has 0 saturated carbocycles. The zero-order valence-electron chi connectivity index (χ0n) is 10.3. The Kier molecular flexibility index (Phi) is 3.43. The van der Waals surface area contributed by atoms with Crippen LogP contribution >= 0.6 is 11.3 Å². The van der Waals surface area contributed by atoms with E-state index in [0.29, 0.717) is 10.5 Å². The van der Waals surface area contributed by atoms with Gasteiger partial charge in [0.1, 0.15) is 4.70 Å². The first-order chi connectivity index (χ1) is 9.65. The fourth-order valence-electron chi connectivity index (χ4n) is 1.76. The molecule has 0 aromatic carbocycles. The Morgan fingerprint density at radius 3 is 2.75 bits per heavy atom. The molecule has 3 heterocycles. The van der Waals surface area contributed by atoms with Crippen molar-refractivity contribution >= 4 is 32.9 Å². The van der Waals surface area contributed by atoms with Crippen molar-refractivity contribution in [1.29, 1.82) is 0 Å². The molecule has 0 aliphatic rings. The molecule has 0 amide bonds. The lowest BCUT2D eigenvalue weighted by atomic mass is 10.2. The number of nitrogens with zero attached hydrogens (tertiary/aromatic N) is 3. The highest BCUT2D eigenvalue weighted by molar-refractivity contribution is 7.74. The van der Waals surface area contributed by atoms with E-state index in [1.165, 1.54) is 11.3 Å². The van der Waals surface area contributed by atoms with E-state index in [2.05, 4.69) is 15.0 Å². The number of rotatable bonds is 3. The lowest BCUT2D eigenvalue weighted by molar-refractivity contribution is 0.452. The summed E-state index contributed by atoms with van der Waals surface area (Å²) < 4.78 is 25.3. The molecule has 1 atom stereocenters. The number of thiophene rings is 1. The summed E-state index contributed by atoms with van der Waals surface area (Å²) in [5.41, 5.74) is 2.45. The van der Waals surface area contributed by atoms with Crippen LogP contribution in [-0.4, -0.2) is 23.7 Å². The summed E-state index contributed by atoms with van der Waals surface area (Å²) in [4.78, 5) is 12.6. The first-order valence-electron chi connectivity index (χ1n) is 5.60. The van der Waals surface area contributed by atoms with E-state index >= 15 is 0 Å². The summed E-state index contributed by atoms with van der Waals surface area (Å²) in [5, 5.41) is 1.91. The van der Waals surface area contributed by atoms with Crippen molar-refractivity contribution in [2.75, 3.05) is 0 Å². The van der Waals surface area contributed by atoms with Crippen LogP contribution in [0.25, 0.3) is 21.6 Å². The molecule has 3 aromatic heterocycles. The van der Waals surface area contributed by atoms with Gasteiger partial charge >= 0.3 is 11.4 Å². The van der Waals surface area contributed by atoms with Crippen molar-refractivity contribution in [2.45, 2.75) is 6.92 Å². The predicted molar refractivity (Wildman–Crippen MR) is 76.8 cm³/mol. The van der Waals surface area contributed by atoms with Gasteiger partial charge in [-0.3, -0.25) is 9.54 Å². The number of fused-ring (bicyclic) bond motifs is 1. The van der Waals surface area contributed by atoms with Crippen molar-refractivity contribution in [3.63, 3.8) is 0 Å². The van der Waals surface area contributed by atoms with E-state index < -0.39 is 11.4 Å².